The molecule has 1 fully saturated rings. The van der Waals surface area contributed by atoms with Crippen molar-refractivity contribution in [2.24, 2.45) is 5.92 Å². The zero-order valence-corrected chi connectivity index (χ0v) is 23.7. The van der Waals surface area contributed by atoms with E-state index < -0.39 is 24.1 Å². The normalized spacial score (nSPS) is 24.5. The second kappa shape index (κ2) is 16.9. The van der Waals surface area contributed by atoms with Crippen LogP contribution in [-0.4, -0.2) is 47.6 Å². The lowest BCUT2D eigenvalue weighted by atomic mass is 9.97. The van der Waals surface area contributed by atoms with Crippen molar-refractivity contribution in [1.29, 1.82) is 0 Å². The summed E-state index contributed by atoms with van der Waals surface area (Å²) in [7, 11) is 0. The Morgan fingerprint density at radius 2 is 1.49 bits per heavy atom. The Labute approximate surface area is 231 Å². The number of nitrogens with one attached hydrogen (secondary N) is 3. The molecule has 2 rings (SSSR count). The minimum Gasteiger partial charge on any atom is -0.390 e. The molecule has 4 N–H and O–H groups in total. The number of amides is 3. The van der Waals surface area contributed by atoms with Crippen LogP contribution in [0.4, 0.5) is 0 Å². The summed E-state index contributed by atoms with van der Waals surface area (Å²) in [6.07, 6.45) is 8.73. The number of carbonyl (C=O) groups is 3. The third-order valence-corrected chi connectivity index (χ3v) is 7.53. The second-order valence-electron chi connectivity index (χ2n) is 10.4. The Morgan fingerprint density at radius 3 is 2.11 bits per heavy atom. The highest BCUT2D eigenvalue weighted by Crippen LogP contribution is 2.24. The summed E-state index contributed by atoms with van der Waals surface area (Å²) in [6, 6.07) is 3.75. The average molecular weight is 557 g/mol. The predicted molar refractivity (Wildman–Crippen MR) is 149 cm³/mol. The maximum atomic E-state index is 12.8. The molecule has 0 radical (unpaired) electrons. The van der Waals surface area contributed by atoms with Crippen LogP contribution < -0.4 is 16.0 Å². The number of halogens is 2. The molecule has 1 aliphatic rings. The molecule has 0 spiro atoms. The van der Waals surface area contributed by atoms with Gasteiger partial charge in [-0.25, -0.2) is 0 Å². The van der Waals surface area contributed by atoms with Crippen molar-refractivity contribution in [2.45, 2.75) is 109 Å². The van der Waals surface area contributed by atoms with Crippen LogP contribution >= 0.6 is 23.2 Å². The maximum Gasteiger partial charge on any atom is 0.242 e. The van der Waals surface area contributed by atoms with E-state index in [0.717, 1.165) is 50.5 Å². The van der Waals surface area contributed by atoms with Crippen molar-refractivity contribution in [3.63, 3.8) is 0 Å². The summed E-state index contributed by atoms with van der Waals surface area (Å²) in [4.78, 5) is 38.3. The molecule has 1 aromatic carbocycles. The maximum absolute atomic E-state index is 12.8. The molecule has 37 heavy (non-hydrogen) atoms. The highest BCUT2D eigenvalue weighted by Gasteiger charge is 2.28. The summed E-state index contributed by atoms with van der Waals surface area (Å²) < 4.78 is 0. The molecule has 0 bridgehead atoms. The van der Waals surface area contributed by atoms with E-state index in [1.807, 2.05) is 13.8 Å². The summed E-state index contributed by atoms with van der Waals surface area (Å²) in [5.41, 5.74) is 0.782. The van der Waals surface area contributed by atoms with Gasteiger partial charge >= 0.3 is 0 Å². The zero-order valence-electron chi connectivity index (χ0n) is 22.2. The van der Waals surface area contributed by atoms with E-state index >= 15 is 0 Å². The average Bonchev–Trinajstić information content (AvgIpc) is 2.84. The van der Waals surface area contributed by atoms with Crippen LogP contribution in [0.25, 0.3) is 0 Å². The highest BCUT2D eigenvalue weighted by atomic mass is 35.5. The number of carbonyl (C=O) groups excluding carboxylic acids is 3. The van der Waals surface area contributed by atoms with Gasteiger partial charge in [0.25, 0.3) is 0 Å². The van der Waals surface area contributed by atoms with E-state index in [4.69, 9.17) is 23.2 Å². The van der Waals surface area contributed by atoms with Gasteiger partial charge < -0.3 is 21.1 Å². The van der Waals surface area contributed by atoms with Gasteiger partial charge in [-0.05, 0) is 42.9 Å². The Morgan fingerprint density at radius 1 is 0.865 bits per heavy atom. The third kappa shape index (κ3) is 12.1. The van der Waals surface area contributed by atoms with E-state index in [2.05, 4.69) is 16.0 Å². The predicted octanol–water partition coefficient (Wildman–Crippen LogP) is 4.94. The minimum absolute atomic E-state index is 0.116. The molecule has 208 valence electrons. The number of hydrogen-bond donors (Lipinski definition) is 4. The Kier molecular flexibility index (Phi) is 14.3. The molecule has 0 saturated carbocycles. The Bertz CT molecular complexity index is 881. The van der Waals surface area contributed by atoms with E-state index in [0.29, 0.717) is 23.0 Å². The van der Waals surface area contributed by atoms with E-state index in [1.54, 1.807) is 18.2 Å². The molecule has 7 nitrogen and oxygen atoms in total. The van der Waals surface area contributed by atoms with Crippen LogP contribution in [0.15, 0.2) is 18.2 Å². The van der Waals surface area contributed by atoms with E-state index in [9.17, 15) is 19.5 Å². The number of aliphatic hydroxyl groups excluding tert-OH is 1. The summed E-state index contributed by atoms with van der Waals surface area (Å²) in [5.74, 6) is -0.936. The van der Waals surface area contributed by atoms with Crippen LogP contribution in [0.5, 0.6) is 0 Å². The van der Waals surface area contributed by atoms with Crippen LogP contribution in [0, 0.1) is 5.92 Å². The smallest absolute Gasteiger partial charge is 0.242 e. The quantitative estimate of drug-likeness (QED) is 0.423. The van der Waals surface area contributed by atoms with E-state index in [-0.39, 0.29) is 30.6 Å². The van der Waals surface area contributed by atoms with Crippen LogP contribution in [0.2, 0.25) is 10.0 Å². The van der Waals surface area contributed by atoms with Crippen molar-refractivity contribution < 1.29 is 19.5 Å². The number of rotatable bonds is 3. The number of benzene rings is 1. The van der Waals surface area contributed by atoms with Crippen molar-refractivity contribution in [1.82, 2.24) is 16.0 Å². The lowest BCUT2D eigenvalue weighted by molar-refractivity contribution is -0.131. The van der Waals surface area contributed by atoms with Gasteiger partial charge in [0.15, 0.2) is 0 Å². The number of aliphatic hydroxyl groups is 1. The van der Waals surface area contributed by atoms with Crippen molar-refractivity contribution in [2.75, 3.05) is 6.54 Å². The molecule has 1 aliphatic heterocycles. The fraction of sp³-hybridized carbons (Fsp3) is 0.679. The second-order valence-corrected chi connectivity index (χ2v) is 11.2. The molecule has 1 saturated heterocycles. The highest BCUT2D eigenvalue weighted by molar-refractivity contribution is 6.42. The topological polar surface area (TPSA) is 108 Å². The zero-order chi connectivity index (χ0) is 27.2. The molecule has 1 aromatic rings. The SMILES string of the molecule is CC(C)[C@@H]1NC(=O)C[C@H](O)[C@H](Cc2ccc(Cl)c(Cl)c2)NC(=O)CCCCCCCCCCCNC1=O. The van der Waals surface area contributed by atoms with Crippen molar-refractivity contribution in [3.8, 4) is 0 Å². The van der Waals surface area contributed by atoms with E-state index in [1.165, 1.54) is 12.8 Å². The first-order valence-electron chi connectivity index (χ1n) is 13.7. The van der Waals surface area contributed by atoms with Crippen LogP contribution in [0.1, 0.15) is 90.0 Å². The Hall–Kier alpha value is -1.83. The third-order valence-electron chi connectivity index (χ3n) is 6.79. The monoisotopic (exact) mass is 555 g/mol. The van der Waals surface area contributed by atoms with Crippen molar-refractivity contribution in [3.05, 3.63) is 33.8 Å². The molecule has 9 heteroatoms. The number of hydrogen-bond acceptors (Lipinski definition) is 4. The van der Waals surface area contributed by atoms with Gasteiger partial charge in [-0.15, -0.1) is 0 Å². The van der Waals surface area contributed by atoms with Crippen molar-refractivity contribution >= 4 is 40.9 Å². The summed E-state index contributed by atoms with van der Waals surface area (Å²) >= 11 is 12.2. The van der Waals surface area contributed by atoms with Crippen LogP contribution in [-0.2, 0) is 20.8 Å². The first-order chi connectivity index (χ1) is 17.7. The summed E-state index contributed by atoms with van der Waals surface area (Å²) in [5, 5.41) is 20.4. The molecule has 3 atom stereocenters. The Balaban J connectivity index is 2.13. The first-order valence-corrected chi connectivity index (χ1v) is 14.4. The lowest BCUT2D eigenvalue weighted by Crippen LogP contribution is -2.52. The molecule has 0 aliphatic carbocycles. The lowest BCUT2D eigenvalue weighted by Gasteiger charge is -2.26. The molecular weight excluding hydrogens is 513 g/mol. The molecular formula is C28H43Cl2N3O4. The standard InChI is InChI=1S/C28H43Cl2N3O4/c1-19(2)27-28(37)31-15-11-9-7-5-3-4-6-8-10-12-25(35)32-23(24(34)18-26(36)33-27)17-20-13-14-21(29)22(30)16-20/h13-14,16,19,23-24,27,34H,3-12,15,17-18H2,1-2H3,(H,31,37)(H,32,35)(H,33,36)/t23-,24-,27-/m0/s1. The van der Waals surface area contributed by atoms with Gasteiger partial charge in [0.05, 0.1) is 28.6 Å². The van der Waals surface area contributed by atoms with Gasteiger partial charge in [0.1, 0.15) is 6.04 Å². The molecule has 1 heterocycles. The summed E-state index contributed by atoms with van der Waals surface area (Å²) in [6.45, 7) is 4.32. The fourth-order valence-corrected chi connectivity index (χ4v) is 4.87. The van der Waals surface area contributed by atoms with Gasteiger partial charge in [0.2, 0.25) is 17.7 Å². The van der Waals surface area contributed by atoms with Gasteiger partial charge in [-0.3, -0.25) is 14.4 Å². The van der Waals surface area contributed by atoms with Crippen LogP contribution in [0.3, 0.4) is 0 Å². The van der Waals surface area contributed by atoms with Gasteiger partial charge in [-0.2, -0.15) is 0 Å². The largest absolute Gasteiger partial charge is 0.390 e. The fourth-order valence-electron chi connectivity index (χ4n) is 4.55. The minimum atomic E-state index is -1.15. The molecule has 3 amide bonds. The molecule has 0 unspecified atom stereocenters. The van der Waals surface area contributed by atoms with Gasteiger partial charge in [-0.1, -0.05) is 88.1 Å². The molecule has 0 aromatic heterocycles. The van der Waals surface area contributed by atoms with Gasteiger partial charge in [0, 0.05) is 13.0 Å². The first kappa shape index (κ1) is 31.4.